The van der Waals surface area contributed by atoms with Crippen molar-refractivity contribution in [3.05, 3.63) is 132 Å². The Morgan fingerprint density at radius 1 is 0.975 bits per heavy atom. The SMILES string of the molecule is C=C/N=C(\C=C(/N)COCc1ccccc1)Oc1ccc2c(C(=O)Nc3cccc(C(F)(F)F)c3)cccc2c1. The van der Waals surface area contributed by atoms with Crippen LogP contribution in [-0.2, 0) is 17.5 Å². The van der Waals surface area contributed by atoms with E-state index in [1.54, 1.807) is 36.4 Å². The second kappa shape index (κ2) is 12.8. The second-order valence-electron chi connectivity index (χ2n) is 8.67. The quantitative estimate of drug-likeness (QED) is 0.174. The number of carbonyl (C=O) groups is 1. The van der Waals surface area contributed by atoms with E-state index in [1.807, 2.05) is 30.3 Å². The number of alkyl halides is 3. The topological polar surface area (TPSA) is 85.9 Å². The maximum Gasteiger partial charge on any atom is 0.416 e. The molecule has 0 aliphatic carbocycles. The number of benzene rings is 4. The predicted molar refractivity (Wildman–Crippen MR) is 150 cm³/mol. The number of hydrogen-bond acceptors (Lipinski definition) is 5. The number of fused-ring (bicyclic) bond motifs is 1. The average molecular weight is 546 g/mol. The van der Waals surface area contributed by atoms with Gasteiger partial charge >= 0.3 is 6.18 Å². The number of hydrogen-bond donors (Lipinski definition) is 2. The van der Waals surface area contributed by atoms with E-state index in [9.17, 15) is 18.0 Å². The number of anilines is 1. The Bertz CT molecular complexity index is 1560. The lowest BCUT2D eigenvalue weighted by molar-refractivity contribution is -0.137. The molecule has 0 atom stereocenters. The number of nitrogens with zero attached hydrogens (tertiary/aromatic N) is 1. The number of ether oxygens (including phenoxy) is 2. The van der Waals surface area contributed by atoms with Gasteiger partial charge in [-0.25, -0.2) is 4.99 Å². The Hall–Kier alpha value is -4.89. The molecular formula is C31H26F3N3O3. The minimum atomic E-state index is -4.51. The van der Waals surface area contributed by atoms with Gasteiger partial charge in [-0.3, -0.25) is 4.79 Å². The molecule has 0 saturated heterocycles. The molecule has 0 aliphatic rings. The largest absolute Gasteiger partial charge is 0.439 e. The van der Waals surface area contributed by atoms with Gasteiger partial charge in [0, 0.05) is 29.2 Å². The third-order valence-electron chi connectivity index (χ3n) is 5.67. The van der Waals surface area contributed by atoms with Gasteiger partial charge in [-0.2, -0.15) is 13.2 Å². The van der Waals surface area contributed by atoms with Crippen LogP contribution < -0.4 is 15.8 Å². The lowest BCUT2D eigenvalue weighted by atomic mass is 10.0. The molecule has 0 aliphatic heterocycles. The minimum Gasteiger partial charge on any atom is -0.439 e. The van der Waals surface area contributed by atoms with Crippen molar-refractivity contribution in [2.45, 2.75) is 12.8 Å². The van der Waals surface area contributed by atoms with Crippen molar-refractivity contribution in [3.63, 3.8) is 0 Å². The number of rotatable bonds is 9. The lowest BCUT2D eigenvalue weighted by Gasteiger charge is -2.12. The molecule has 0 heterocycles. The third-order valence-corrected chi connectivity index (χ3v) is 5.67. The van der Waals surface area contributed by atoms with E-state index in [2.05, 4.69) is 16.9 Å². The Balaban J connectivity index is 1.47. The van der Waals surface area contributed by atoms with E-state index in [1.165, 1.54) is 24.4 Å². The van der Waals surface area contributed by atoms with E-state index >= 15 is 0 Å². The molecule has 6 nitrogen and oxygen atoms in total. The summed E-state index contributed by atoms with van der Waals surface area (Å²) in [6, 6.07) is 24.3. The molecule has 1 amide bonds. The lowest BCUT2D eigenvalue weighted by Crippen LogP contribution is -2.14. The first-order chi connectivity index (χ1) is 19.2. The van der Waals surface area contributed by atoms with Gasteiger partial charge in [0.05, 0.1) is 18.8 Å². The van der Waals surface area contributed by atoms with Gasteiger partial charge in [-0.15, -0.1) is 0 Å². The Labute approximate surface area is 229 Å². The van der Waals surface area contributed by atoms with Crippen LogP contribution in [0.2, 0.25) is 0 Å². The highest BCUT2D eigenvalue weighted by Gasteiger charge is 2.30. The summed E-state index contributed by atoms with van der Waals surface area (Å²) in [6.07, 6.45) is -1.66. The van der Waals surface area contributed by atoms with Crippen LogP contribution in [0, 0.1) is 0 Å². The molecule has 9 heteroatoms. The van der Waals surface area contributed by atoms with Gasteiger partial charge in [0.1, 0.15) is 5.75 Å². The zero-order valence-electron chi connectivity index (χ0n) is 21.3. The minimum absolute atomic E-state index is 0.0409. The number of nitrogens with one attached hydrogen (secondary N) is 1. The van der Waals surface area contributed by atoms with Crippen molar-refractivity contribution < 1.29 is 27.4 Å². The van der Waals surface area contributed by atoms with Gasteiger partial charge in [0.25, 0.3) is 5.91 Å². The molecule has 4 rings (SSSR count). The maximum absolute atomic E-state index is 13.0. The number of aliphatic imine (C=N–C) groups is 1. The van der Waals surface area contributed by atoms with Crippen LogP contribution in [0.15, 0.2) is 121 Å². The van der Waals surface area contributed by atoms with Crippen LogP contribution >= 0.6 is 0 Å². The molecule has 0 aromatic heterocycles. The first-order valence-corrected chi connectivity index (χ1v) is 12.2. The van der Waals surface area contributed by atoms with Crippen LogP contribution in [0.5, 0.6) is 5.75 Å². The molecular weight excluding hydrogens is 519 g/mol. The Morgan fingerprint density at radius 2 is 1.75 bits per heavy atom. The molecule has 0 saturated carbocycles. The highest BCUT2D eigenvalue weighted by atomic mass is 19.4. The normalized spacial score (nSPS) is 12.3. The van der Waals surface area contributed by atoms with Gasteiger partial charge in [0.15, 0.2) is 0 Å². The Morgan fingerprint density at radius 3 is 2.50 bits per heavy atom. The average Bonchev–Trinajstić information content (AvgIpc) is 2.93. The zero-order chi connectivity index (χ0) is 28.5. The summed E-state index contributed by atoms with van der Waals surface area (Å²) in [7, 11) is 0. The van der Waals surface area contributed by atoms with Crippen LogP contribution in [-0.4, -0.2) is 18.4 Å². The molecule has 0 spiro atoms. The summed E-state index contributed by atoms with van der Waals surface area (Å²) in [6.45, 7) is 4.17. The smallest absolute Gasteiger partial charge is 0.416 e. The standard InChI is InChI=1S/C31H26F3N3O3/c1-2-36-29(18-24(35)20-39-19-21-8-4-3-5-9-21)40-26-14-15-27-22(16-26)10-6-13-28(27)30(38)37-25-12-7-11-23(17-25)31(32,33)34/h2-18H,1,19-20,35H2,(H,37,38)/b24-18-,36-29+. The Kier molecular flexibility index (Phi) is 8.98. The molecule has 204 valence electrons. The molecule has 4 aromatic carbocycles. The van der Waals surface area contributed by atoms with Crippen molar-refractivity contribution in [2.75, 3.05) is 11.9 Å². The van der Waals surface area contributed by atoms with E-state index in [4.69, 9.17) is 15.2 Å². The first kappa shape index (κ1) is 28.1. The molecule has 40 heavy (non-hydrogen) atoms. The van der Waals surface area contributed by atoms with Crippen LogP contribution in [0.3, 0.4) is 0 Å². The molecule has 3 N–H and O–H groups in total. The molecule has 0 radical (unpaired) electrons. The predicted octanol–water partition coefficient (Wildman–Crippen LogP) is 7.09. The van der Waals surface area contributed by atoms with Crippen molar-refractivity contribution >= 4 is 28.3 Å². The zero-order valence-corrected chi connectivity index (χ0v) is 21.3. The van der Waals surface area contributed by atoms with Crippen LogP contribution in [0.4, 0.5) is 18.9 Å². The number of nitrogens with two attached hydrogens (primary N) is 1. The number of amides is 1. The number of halogens is 3. The monoisotopic (exact) mass is 545 g/mol. The van der Waals surface area contributed by atoms with E-state index in [-0.39, 0.29) is 18.2 Å². The summed E-state index contributed by atoms with van der Waals surface area (Å²) in [5, 5.41) is 3.81. The summed E-state index contributed by atoms with van der Waals surface area (Å²) >= 11 is 0. The molecule has 0 fully saturated rings. The van der Waals surface area contributed by atoms with Gasteiger partial charge in [-0.1, -0.05) is 55.1 Å². The van der Waals surface area contributed by atoms with E-state index < -0.39 is 17.6 Å². The second-order valence-corrected chi connectivity index (χ2v) is 8.67. The molecule has 0 bridgehead atoms. The van der Waals surface area contributed by atoms with Gasteiger partial charge < -0.3 is 20.5 Å². The third kappa shape index (κ3) is 7.58. The summed E-state index contributed by atoms with van der Waals surface area (Å²) in [5.41, 5.74) is 7.00. The summed E-state index contributed by atoms with van der Waals surface area (Å²) < 4.78 is 50.7. The van der Waals surface area contributed by atoms with E-state index in [0.29, 0.717) is 34.4 Å². The maximum atomic E-state index is 13.0. The van der Waals surface area contributed by atoms with Crippen molar-refractivity contribution in [3.8, 4) is 5.75 Å². The van der Waals surface area contributed by atoms with Crippen molar-refractivity contribution in [1.29, 1.82) is 0 Å². The van der Waals surface area contributed by atoms with Gasteiger partial charge in [-0.05, 0) is 58.8 Å². The highest BCUT2D eigenvalue weighted by molar-refractivity contribution is 6.13. The summed E-state index contributed by atoms with van der Waals surface area (Å²) in [4.78, 5) is 17.1. The van der Waals surface area contributed by atoms with Crippen LogP contribution in [0.25, 0.3) is 10.8 Å². The summed E-state index contributed by atoms with van der Waals surface area (Å²) in [5.74, 6) is 0.0742. The number of carbonyl (C=O) groups excluding carboxylic acids is 1. The fourth-order valence-electron chi connectivity index (χ4n) is 3.86. The van der Waals surface area contributed by atoms with Crippen molar-refractivity contribution in [1.82, 2.24) is 0 Å². The first-order valence-electron chi connectivity index (χ1n) is 12.2. The highest BCUT2D eigenvalue weighted by Crippen LogP contribution is 2.31. The van der Waals surface area contributed by atoms with Crippen molar-refractivity contribution in [2.24, 2.45) is 10.7 Å². The van der Waals surface area contributed by atoms with Crippen LogP contribution in [0.1, 0.15) is 21.5 Å². The molecule has 0 unspecified atom stereocenters. The van der Waals surface area contributed by atoms with E-state index in [0.717, 1.165) is 17.7 Å². The van der Waals surface area contributed by atoms with Gasteiger partial charge in [0.2, 0.25) is 5.90 Å². The molecule has 4 aromatic rings. The fourth-order valence-corrected chi connectivity index (χ4v) is 3.86. The fraction of sp³-hybridized carbons (Fsp3) is 0.0968.